The highest BCUT2D eigenvalue weighted by Crippen LogP contribution is 2.12. The van der Waals surface area contributed by atoms with Crippen molar-refractivity contribution >= 4 is 5.91 Å². The number of benzene rings is 1. The van der Waals surface area contributed by atoms with Gasteiger partial charge in [0.05, 0.1) is 0 Å². The SMILES string of the molecule is O=C(NCC(F)(F)F)c1ccccc1. The average Bonchev–Trinajstić information content (AvgIpc) is 2.14. The number of amides is 1. The quantitative estimate of drug-likeness (QED) is 0.782. The Hall–Kier alpha value is -1.52. The van der Waals surface area contributed by atoms with Crippen LogP contribution in [-0.2, 0) is 0 Å². The van der Waals surface area contributed by atoms with Crippen molar-refractivity contribution in [1.29, 1.82) is 0 Å². The average molecular weight is 203 g/mol. The molecule has 0 aliphatic rings. The highest BCUT2D eigenvalue weighted by Gasteiger charge is 2.27. The molecular formula is C9H8F3NO. The van der Waals surface area contributed by atoms with E-state index in [9.17, 15) is 18.0 Å². The van der Waals surface area contributed by atoms with Crippen LogP contribution in [0.25, 0.3) is 0 Å². The van der Waals surface area contributed by atoms with Crippen LogP contribution >= 0.6 is 0 Å². The van der Waals surface area contributed by atoms with Gasteiger partial charge >= 0.3 is 6.18 Å². The number of hydrogen-bond acceptors (Lipinski definition) is 1. The van der Waals surface area contributed by atoms with E-state index in [2.05, 4.69) is 0 Å². The Balaban J connectivity index is 2.52. The van der Waals surface area contributed by atoms with E-state index in [1.807, 2.05) is 0 Å². The first kappa shape index (κ1) is 10.6. The number of hydrogen-bond donors (Lipinski definition) is 1. The molecule has 0 unspecified atom stereocenters. The van der Waals surface area contributed by atoms with Crippen molar-refractivity contribution in [2.24, 2.45) is 0 Å². The standard InChI is InChI=1S/C9H8F3NO/c10-9(11,12)6-13-8(14)7-4-2-1-3-5-7/h1-5H,6H2,(H,13,14). The third kappa shape index (κ3) is 3.47. The Kier molecular flexibility index (Phi) is 3.11. The van der Waals surface area contributed by atoms with Gasteiger partial charge in [0.25, 0.3) is 5.91 Å². The molecule has 0 saturated carbocycles. The smallest absolute Gasteiger partial charge is 0.343 e. The van der Waals surface area contributed by atoms with Crippen LogP contribution in [0, 0.1) is 0 Å². The van der Waals surface area contributed by atoms with Crippen LogP contribution in [0.3, 0.4) is 0 Å². The molecule has 0 radical (unpaired) electrons. The van der Waals surface area contributed by atoms with E-state index >= 15 is 0 Å². The summed E-state index contributed by atoms with van der Waals surface area (Å²) in [5.74, 6) is -0.720. The third-order valence-electron chi connectivity index (χ3n) is 1.49. The second-order valence-electron chi connectivity index (χ2n) is 2.66. The monoisotopic (exact) mass is 203 g/mol. The van der Waals surface area contributed by atoms with Gasteiger partial charge in [-0.1, -0.05) is 18.2 Å². The van der Waals surface area contributed by atoms with Crippen molar-refractivity contribution in [1.82, 2.24) is 5.32 Å². The summed E-state index contributed by atoms with van der Waals surface area (Å²) in [7, 11) is 0. The summed E-state index contributed by atoms with van der Waals surface area (Å²) in [5, 5.41) is 1.77. The van der Waals surface area contributed by atoms with Crippen LogP contribution in [0.1, 0.15) is 10.4 Å². The maximum absolute atomic E-state index is 11.7. The van der Waals surface area contributed by atoms with E-state index in [1.54, 1.807) is 23.5 Å². The Morgan fingerprint density at radius 3 is 2.29 bits per heavy atom. The maximum atomic E-state index is 11.7. The van der Waals surface area contributed by atoms with E-state index in [4.69, 9.17) is 0 Å². The third-order valence-corrected chi connectivity index (χ3v) is 1.49. The lowest BCUT2D eigenvalue weighted by Crippen LogP contribution is -2.33. The molecule has 0 fully saturated rings. The molecule has 1 aromatic rings. The molecule has 0 aromatic heterocycles. The zero-order chi connectivity index (χ0) is 10.6. The molecule has 0 aliphatic heterocycles. The molecule has 1 amide bonds. The molecule has 0 saturated heterocycles. The minimum Gasteiger partial charge on any atom is -0.343 e. The van der Waals surface area contributed by atoms with Crippen molar-refractivity contribution in [2.45, 2.75) is 6.18 Å². The molecule has 0 aliphatic carbocycles. The van der Waals surface area contributed by atoms with Gasteiger partial charge in [0.15, 0.2) is 0 Å². The van der Waals surface area contributed by atoms with E-state index in [0.717, 1.165) is 0 Å². The van der Waals surface area contributed by atoms with Gasteiger partial charge in [0.1, 0.15) is 6.54 Å². The first-order valence-electron chi connectivity index (χ1n) is 3.89. The Morgan fingerprint density at radius 1 is 1.21 bits per heavy atom. The molecule has 1 rings (SSSR count). The maximum Gasteiger partial charge on any atom is 0.405 e. The predicted molar refractivity (Wildman–Crippen MR) is 44.8 cm³/mol. The Bertz CT molecular complexity index is 308. The van der Waals surface area contributed by atoms with Gasteiger partial charge < -0.3 is 5.32 Å². The fourth-order valence-electron chi connectivity index (χ4n) is 0.872. The molecule has 0 bridgehead atoms. The fourth-order valence-corrected chi connectivity index (χ4v) is 0.872. The van der Waals surface area contributed by atoms with E-state index in [1.165, 1.54) is 12.1 Å². The molecule has 0 heterocycles. The molecule has 1 N–H and O–H groups in total. The molecule has 14 heavy (non-hydrogen) atoms. The second kappa shape index (κ2) is 4.13. The van der Waals surface area contributed by atoms with Crippen molar-refractivity contribution in [3.05, 3.63) is 35.9 Å². The van der Waals surface area contributed by atoms with Crippen LogP contribution in [0.2, 0.25) is 0 Å². The molecule has 2 nitrogen and oxygen atoms in total. The molecule has 0 atom stereocenters. The first-order valence-corrected chi connectivity index (χ1v) is 3.89. The lowest BCUT2D eigenvalue weighted by atomic mass is 10.2. The topological polar surface area (TPSA) is 29.1 Å². The summed E-state index contributed by atoms with van der Waals surface area (Å²) < 4.78 is 35.2. The second-order valence-corrected chi connectivity index (χ2v) is 2.66. The van der Waals surface area contributed by atoms with Gasteiger partial charge in [0.2, 0.25) is 0 Å². The molecule has 5 heteroatoms. The van der Waals surface area contributed by atoms with Gasteiger partial charge in [0, 0.05) is 5.56 Å². The summed E-state index contributed by atoms with van der Waals surface area (Å²) in [5.41, 5.74) is 0.219. The highest BCUT2D eigenvalue weighted by atomic mass is 19.4. The zero-order valence-electron chi connectivity index (χ0n) is 7.14. The highest BCUT2D eigenvalue weighted by molar-refractivity contribution is 5.94. The summed E-state index contributed by atoms with van der Waals surface area (Å²) >= 11 is 0. The Morgan fingerprint density at radius 2 is 1.79 bits per heavy atom. The number of carbonyl (C=O) groups excluding carboxylic acids is 1. The molecule has 76 valence electrons. The minimum absolute atomic E-state index is 0.219. The predicted octanol–water partition coefficient (Wildman–Crippen LogP) is 1.98. The minimum atomic E-state index is -4.37. The van der Waals surface area contributed by atoms with Gasteiger partial charge in [-0.15, -0.1) is 0 Å². The number of halogens is 3. The van der Waals surface area contributed by atoms with E-state index < -0.39 is 18.6 Å². The largest absolute Gasteiger partial charge is 0.405 e. The van der Waals surface area contributed by atoms with Crippen LogP contribution < -0.4 is 5.32 Å². The lowest BCUT2D eigenvalue weighted by Gasteiger charge is -2.07. The lowest BCUT2D eigenvalue weighted by molar-refractivity contribution is -0.123. The summed E-state index contributed by atoms with van der Waals surface area (Å²) in [4.78, 5) is 11.1. The molecule has 0 spiro atoms. The summed E-state index contributed by atoms with van der Waals surface area (Å²) in [6.45, 7) is -1.30. The molecular weight excluding hydrogens is 195 g/mol. The normalized spacial score (nSPS) is 11.1. The Labute approximate surface area is 78.7 Å². The van der Waals surface area contributed by atoms with Crippen LogP contribution in [-0.4, -0.2) is 18.6 Å². The summed E-state index contributed by atoms with van der Waals surface area (Å²) in [6.07, 6.45) is -4.37. The molecule has 1 aromatic carbocycles. The van der Waals surface area contributed by atoms with E-state index in [-0.39, 0.29) is 5.56 Å². The number of alkyl halides is 3. The zero-order valence-corrected chi connectivity index (χ0v) is 7.14. The summed E-state index contributed by atoms with van der Waals surface area (Å²) in [6, 6.07) is 7.75. The van der Waals surface area contributed by atoms with Crippen molar-refractivity contribution in [3.8, 4) is 0 Å². The number of nitrogens with one attached hydrogen (secondary N) is 1. The van der Waals surface area contributed by atoms with Crippen LogP contribution in [0.15, 0.2) is 30.3 Å². The van der Waals surface area contributed by atoms with Crippen molar-refractivity contribution in [3.63, 3.8) is 0 Å². The van der Waals surface area contributed by atoms with Crippen molar-refractivity contribution in [2.75, 3.05) is 6.54 Å². The first-order chi connectivity index (χ1) is 6.49. The van der Waals surface area contributed by atoms with Gasteiger partial charge in [-0.3, -0.25) is 4.79 Å². The van der Waals surface area contributed by atoms with Crippen LogP contribution in [0.4, 0.5) is 13.2 Å². The van der Waals surface area contributed by atoms with Crippen LogP contribution in [0.5, 0.6) is 0 Å². The fraction of sp³-hybridized carbons (Fsp3) is 0.222. The number of rotatable bonds is 2. The van der Waals surface area contributed by atoms with Gasteiger partial charge in [-0.05, 0) is 12.1 Å². The number of carbonyl (C=O) groups is 1. The van der Waals surface area contributed by atoms with E-state index in [0.29, 0.717) is 0 Å². The van der Waals surface area contributed by atoms with Gasteiger partial charge in [-0.2, -0.15) is 13.2 Å². The van der Waals surface area contributed by atoms with Gasteiger partial charge in [-0.25, -0.2) is 0 Å². The van der Waals surface area contributed by atoms with Crippen molar-refractivity contribution < 1.29 is 18.0 Å².